The molecule has 2 aliphatic rings. The molecule has 4 rings (SSSR count). The molecule has 8 heteroatoms. The number of nitrogens with zero attached hydrogens (tertiary/aromatic N) is 2. The van der Waals surface area contributed by atoms with Crippen molar-refractivity contribution >= 4 is 23.5 Å². The van der Waals surface area contributed by atoms with E-state index in [0.29, 0.717) is 25.1 Å². The molecule has 1 spiro atoms. The zero-order valence-corrected chi connectivity index (χ0v) is 18.2. The van der Waals surface area contributed by atoms with E-state index in [1.54, 1.807) is 0 Å². The molecule has 0 unspecified atom stereocenters. The van der Waals surface area contributed by atoms with Crippen LogP contribution in [-0.2, 0) is 9.59 Å². The summed E-state index contributed by atoms with van der Waals surface area (Å²) in [6, 6.07) is 16.5. The SMILES string of the molecule is CN(CCC(=O)NN1C(=O)NC2(CCCCC2)C1=O)c1ccccc1Oc1ccccc1. The quantitative estimate of drug-likeness (QED) is 0.648. The van der Waals surface area contributed by atoms with Crippen molar-refractivity contribution in [1.29, 1.82) is 0 Å². The minimum atomic E-state index is -0.854. The van der Waals surface area contributed by atoms with Gasteiger partial charge in [-0.15, -0.1) is 0 Å². The van der Waals surface area contributed by atoms with Gasteiger partial charge in [-0.05, 0) is 37.1 Å². The van der Waals surface area contributed by atoms with Crippen molar-refractivity contribution in [1.82, 2.24) is 15.8 Å². The number of urea groups is 1. The van der Waals surface area contributed by atoms with Crippen LogP contribution in [0.3, 0.4) is 0 Å². The molecule has 0 bridgehead atoms. The molecule has 2 fully saturated rings. The number of amides is 4. The van der Waals surface area contributed by atoms with Gasteiger partial charge in [-0.2, -0.15) is 5.01 Å². The number of para-hydroxylation sites is 3. The van der Waals surface area contributed by atoms with E-state index in [1.807, 2.05) is 66.5 Å². The van der Waals surface area contributed by atoms with Gasteiger partial charge in [-0.25, -0.2) is 4.79 Å². The minimum Gasteiger partial charge on any atom is -0.455 e. The van der Waals surface area contributed by atoms with Crippen LogP contribution in [0.1, 0.15) is 38.5 Å². The van der Waals surface area contributed by atoms with Gasteiger partial charge in [0, 0.05) is 20.0 Å². The number of hydrazine groups is 1. The molecule has 32 heavy (non-hydrogen) atoms. The lowest BCUT2D eigenvalue weighted by Gasteiger charge is -2.30. The Morgan fingerprint density at radius 2 is 1.75 bits per heavy atom. The van der Waals surface area contributed by atoms with Crippen LogP contribution in [0.5, 0.6) is 11.5 Å². The van der Waals surface area contributed by atoms with Crippen molar-refractivity contribution in [2.24, 2.45) is 0 Å². The van der Waals surface area contributed by atoms with Gasteiger partial charge in [0.25, 0.3) is 5.91 Å². The fourth-order valence-corrected chi connectivity index (χ4v) is 4.26. The topological polar surface area (TPSA) is 91.0 Å². The van der Waals surface area contributed by atoms with Crippen molar-refractivity contribution in [3.63, 3.8) is 0 Å². The Morgan fingerprint density at radius 1 is 1.06 bits per heavy atom. The number of ether oxygens (including phenoxy) is 1. The minimum absolute atomic E-state index is 0.111. The number of anilines is 1. The lowest BCUT2D eigenvalue weighted by molar-refractivity contribution is -0.139. The first kappa shape index (κ1) is 21.7. The van der Waals surface area contributed by atoms with Gasteiger partial charge in [-0.1, -0.05) is 49.6 Å². The van der Waals surface area contributed by atoms with Crippen molar-refractivity contribution in [3.8, 4) is 11.5 Å². The first-order valence-electron chi connectivity index (χ1n) is 11.0. The standard InChI is InChI=1S/C24H28N4O4/c1-27(19-12-6-7-13-20(19)32-18-10-4-2-5-11-18)17-14-21(29)26-28-22(30)24(25-23(28)31)15-8-3-9-16-24/h2,4-7,10-13H,3,8-9,14-17H2,1H3,(H,25,31)(H,26,29). The van der Waals surface area contributed by atoms with Crippen molar-refractivity contribution in [2.45, 2.75) is 44.1 Å². The highest BCUT2D eigenvalue weighted by Crippen LogP contribution is 2.33. The maximum Gasteiger partial charge on any atom is 0.344 e. The molecule has 2 N–H and O–H groups in total. The third-order valence-corrected chi connectivity index (χ3v) is 6.03. The summed E-state index contributed by atoms with van der Waals surface area (Å²) >= 11 is 0. The highest BCUT2D eigenvalue weighted by atomic mass is 16.5. The third-order valence-electron chi connectivity index (χ3n) is 6.03. The zero-order valence-electron chi connectivity index (χ0n) is 18.2. The molecule has 1 saturated heterocycles. The van der Waals surface area contributed by atoms with Crippen LogP contribution in [0, 0.1) is 0 Å². The van der Waals surface area contributed by atoms with Crippen LogP contribution in [0.2, 0.25) is 0 Å². The predicted molar refractivity (Wildman–Crippen MR) is 120 cm³/mol. The van der Waals surface area contributed by atoms with E-state index in [4.69, 9.17) is 4.74 Å². The second-order valence-electron chi connectivity index (χ2n) is 8.30. The summed E-state index contributed by atoms with van der Waals surface area (Å²) < 4.78 is 5.99. The summed E-state index contributed by atoms with van der Waals surface area (Å²) in [6.07, 6.45) is 4.18. The first-order chi connectivity index (χ1) is 15.5. The molecular weight excluding hydrogens is 408 g/mol. The van der Waals surface area contributed by atoms with Crippen molar-refractivity contribution in [3.05, 3.63) is 54.6 Å². The summed E-state index contributed by atoms with van der Waals surface area (Å²) in [6.45, 7) is 0.385. The Bertz CT molecular complexity index is 989. The van der Waals surface area contributed by atoms with Gasteiger partial charge in [0.15, 0.2) is 5.75 Å². The third kappa shape index (κ3) is 4.54. The van der Waals surface area contributed by atoms with Crippen molar-refractivity contribution in [2.75, 3.05) is 18.5 Å². The Kier molecular flexibility index (Phi) is 6.30. The molecule has 0 aromatic heterocycles. The van der Waals surface area contributed by atoms with Gasteiger partial charge in [0.1, 0.15) is 11.3 Å². The van der Waals surface area contributed by atoms with Crippen LogP contribution in [0.25, 0.3) is 0 Å². The smallest absolute Gasteiger partial charge is 0.344 e. The van der Waals surface area contributed by atoms with E-state index < -0.39 is 17.5 Å². The Labute approximate surface area is 187 Å². The Balaban J connectivity index is 1.35. The molecule has 2 aromatic carbocycles. The molecule has 4 amide bonds. The fourth-order valence-electron chi connectivity index (χ4n) is 4.26. The Hall–Kier alpha value is -3.55. The highest BCUT2D eigenvalue weighted by Gasteiger charge is 2.52. The summed E-state index contributed by atoms with van der Waals surface area (Å²) in [5.41, 5.74) is 2.47. The van der Waals surface area contributed by atoms with E-state index in [-0.39, 0.29) is 12.3 Å². The largest absolute Gasteiger partial charge is 0.455 e. The van der Waals surface area contributed by atoms with Crippen LogP contribution in [0.4, 0.5) is 10.5 Å². The van der Waals surface area contributed by atoms with Crippen molar-refractivity contribution < 1.29 is 19.1 Å². The number of rotatable bonds is 7. The maximum absolute atomic E-state index is 12.8. The average molecular weight is 437 g/mol. The number of carbonyl (C=O) groups is 3. The summed E-state index contributed by atoms with van der Waals surface area (Å²) in [5.74, 6) is 0.649. The molecule has 2 aromatic rings. The molecule has 168 valence electrons. The van der Waals surface area contributed by atoms with Crippen LogP contribution >= 0.6 is 0 Å². The van der Waals surface area contributed by atoms with E-state index in [0.717, 1.165) is 35.7 Å². The van der Waals surface area contributed by atoms with Crippen LogP contribution in [-0.4, -0.2) is 42.0 Å². The molecule has 1 saturated carbocycles. The lowest BCUT2D eigenvalue weighted by Crippen LogP contribution is -2.51. The van der Waals surface area contributed by atoms with Crippen LogP contribution < -0.4 is 20.4 Å². The molecule has 0 atom stereocenters. The molecule has 1 aliphatic carbocycles. The Morgan fingerprint density at radius 3 is 2.50 bits per heavy atom. The van der Waals surface area contributed by atoms with E-state index in [2.05, 4.69) is 10.7 Å². The highest BCUT2D eigenvalue weighted by molar-refractivity contribution is 6.08. The van der Waals surface area contributed by atoms with Gasteiger partial charge >= 0.3 is 6.03 Å². The fraction of sp³-hybridized carbons (Fsp3) is 0.375. The van der Waals surface area contributed by atoms with Gasteiger partial charge in [0.05, 0.1) is 5.69 Å². The normalized spacial score (nSPS) is 17.2. The predicted octanol–water partition coefficient (Wildman–Crippen LogP) is 3.59. The van der Waals surface area contributed by atoms with Gasteiger partial charge in [-0.3, -0.25) is 15.0 Å². The van der Waals surface area contributed by atoms with E-state index in [9.17, 15) is 14.4 Å². The molecule has 8 nitrogen and oxygen atoms in total. The second kappa shape index (κ2) is 9.30. The lowest BCUT2D eigenvalue weighted by atomic mass is 9.82. The summed E-state index contributed by atoms with van der Waals surface area (Å²) in [5, 5.41) is 3.64. The summed E-state index contributed by atoms with van der Waals surface area (Å²) in [4.78, 5) is 39.6. The van der Waals surface area contributed by atoms with Gasteiger partial charge in [0.2, 0.25) is 5.91 Å². The number of imide groups is 1. The second-order valence-corrected chi connectivity index (χ2v) is 8.30. The molecule has 1 heterocycles. The van der Waals surface area contributed by atoms with E-state index in [1.165, 1.54) is 0 Å². The van der Waals surface area contributed by atoms with Gasteiger partial charge < -0.3 is 15.0 Å². The van der Waals surface area contributed by atoms with Crippen LogP contribution in [0.15, 0.2) is 54.6 Å². The summed E-state index contributed by atoms with van der Waals surface area (Å²) in [7, 11) is 1.87. The number of nitrogens with one attached hydrogen (secondary N) is 2. The number of benzene rings is 2. The molecular formula is C24H28N4O4. The number of hydrogen-bond donors (Lipinski definition) is 2. The average Bonchev–Trinajstić information content (AvgIpc) is 3.02. The maximum atomic E-state index is 12.8. The van der Waals surface area contributed by atoms with E-state index >= 15 is 0 Å². The first-order valence-corrected chi connectivity index (χ1v) is 11.0. The molecule has 1 aliphatic heterocycles. The molecule has 0 radical (unpaired) electrons. The number of hydrogen-bond acceptors (Lipinski definition) is 5. The zero-order chi connectivity index (χ0) is 22.6. The monoisotopic (exact) mass is 436 g/mol. The number of carbonyl (C=O) groups excluding carboxylic acids is 3.